The Morgan fingerprint density at radius 2 is 1.95 bits per heavy atom. The van der Waals surface area contributed by atoms with E-state index in [1.165, 1.54) is 0 Å². The standard InChI is InChI=1S/C27H26F3N7O3S/c1-40-12-7-21(38)36-11-13-41-19(15-36)25-35-22(23-24(31)33-9-10-37(23)25)16-2-4-17(5-3-16)26(39)34-20-14-18(6-8-32-20)27(28,29)30/h2-6,8-10,14,19H,7,11-13,15H2,1H3,(H2,31,33)(H,32,34,39)/t19-/m1/s1. The molecule has 0 spiro atoms. The molecule has 1 fully saturated rings. The Labute approximate surface area is 237 Å². The van der Waals surface area contributed by atoms with Crippen molar-refractivity contribution in [1.82, 2.24) is 24.3 Å². The minimum absolute atomic E-state index is 0.0219. The molecule has 1 saturated heterocycles. The Hall–Kier alpha value is -4.17. The summed E-state index contributed by atoms with van der Waals surface area (Å²) >= 11 is 1.70. The van der Waals surface area contributed by atoms with Crippen LogP contribution in [0.15, 0.2) is 55.0 Å². The predicted molar refractivity (Wildman–Crippen MR) is 148 cm³/mol. The fourth-order valence-electron chi connectivity index (χ4n) is 4.54. The van der Waals surface area contributed by atoms with Gasteiger partial charge in [0.2, 0.25) is 5.91 Å². The van der Waals surface area contributed by atoms with Crippen LogP contribution in [0.4, 0.5) is 24.8 Å². The van der Waals surface area contributed by atoms with Gasteiger partial charge in [-0.15, -0.1) is 11.8 Å². The number of hydrogen-bond donors (Lipinski definition) is 2. The third kappa shape index (κ3) is 6.12. The molecule has 5 rings (SSSR count). The Kier molecular flexibility index (Phi) is 8.13. The number of ether oxygens (including phenoxy) is 1. The zero-order valence-electron chi connectivity index (χ0n) is 21.9. The van der Waals surface area contributed by atoms with E-state index in [4.69, 9.17) is 15.5 Å². The second-order valence-corrected chi connectivity index (χ2v) is 10.6. The molecule has 41 heavy (non-hydrogen) atoms. The fraction of sp³-hybridized carbons (Fsp3) is 0.296. The zero-order valence-corrected chi connectivity index (χ0v) is 22.7. The van der Waals surface area contributed by atoms with Crippen molar-refractivity contribution in [1.29, 1.82) is 0 Å². The van der Waals surface area contributed by atoms with Gasteiger partial charge in [-0.3, -0.25) is 14.0 Å². The van der Waals surface area contributed by atoms with Crippen LogP contribution in [0.5, 0.6) is 0 Å². The number of carbonyl (C=O) groups excluding carboxylic acids is 2. The highest BCUT2D eigenvalue weighted by atomic mass is 32.2. The number of fused-ring (bicyclic) bond motifs is 1. The first-order valence-electron chi connectivity index (χ1n) is 12.6. The van der Waals surface area contributed by atoms with Crippen LogP contribution in [0.3, 0.4) is 0 Å². The molecule has 0 aliphatic carbocycles. The van der Waals surface area contributed by atoms with Gasteiger partial charge < -0.3 is 20.7 Å². The van der Waals surface area contributed by atoms with Crippen molar-refractivity contribution in [2.75, 3.05) is 43.6 Å². The van der Waals surface area contributed by atoms with Crippen LogP contribution in [-0.4, -0.2) is 68.6 Å². The molecule has 1 aliphatic heterocycles. The number of nitrogen functional groups attached to an aromatic ring is 1. The summed E-state index contributed by atoms with van der Waals surface area (Å²) in [5.74, 6) is 0.935. The van der Waals surface area contributed by atoms with Crippen molar-refractivity contribution < 1.29 is 27.5 Å². The molecule has 0 radical (unpaired) electrons. The number of rotatable bonds is 7. The first-order valence-corrected chi connectivity index (χ1v) is 13.7. The predicted octanol–water partition coefficient (Wildman–Crippen LogP) is 4.30. The minimum atomic E-state index is -4.55. The van der Waals surface area contributed by atoms with E-state index in [9.17, 15) is 22.8 Å². The van der Waals surface area contributed by atoms with Crippen LogP contribution >= 0.6 is 11.8 Å². The third-order valence-electron chi connectivity index (χ3n) is 6.59. The van der Waals surface area contributed by atoms with Gasteiger partial charge in [0, 0.05) is 55.7 Å². The van der Waals surface area contributed by atoms with Gasteiger partial charge in [-0.2, -0.15) is 13.2 Å². The maximum absolute atomic E-state index is 13.0. The van der Waals surface area contributed by atoms with Gasteiger partial charge in [-0.25, -0.2) is 15.0 Å². The van der Waals surface area contributed by atoms with Crippen molar-refractivity contribution >= 4 is 40.7 Å². The second kappa shape index (κ2) is 11.7. The molecule has 4 aromatic rings. The molecule has 0 unspecified atom stereocenters. The van der Waals surface area contributed by atoms with E-state index in [-0.39, 0.29) is 28.4 Å². The Morgan fingerprint density at radius 1 is 1.17 bits per heavy atom. The maximum Gasteiger partial charge on any atom is 0.416 e. The molecule has 1 aromatic carbocycles. The summed E-state index contributed by atoms with van der Waals surface area (Å²) < 4.78 is 45.9. The number of pyridine rings is 1. The van der Waals surface area contributed by atoms with Crippen LogP contribution in [0.25, 0.3) is 16.8 Å². The Bertz CT molecular complexity index is 1580. The van der Waals surface area contributed by atoms with E-state index in [1.54, 1.807) is 55.5 Å². The van der Waals surface area contributed by atoms with Crippen LogP contribution in [0.1, 0.15) is 33.4 Å². The van der Waals surface area contributed by atoms with Gasteiger partial charge in [-0.1, -0.05) is 12.1 Å². The van der Waals surface area contributed by atoms with Crippen molar-refractivity contribution in [3.05, 3.63) is 71.9 Å². The number of aromatic nitrogens is 4. The summed E-state index contributed by atoms with van der Waals surface area (Å²) in [5, 5.41) is 2.29. The van der Waals surface area contributed by atoms with Crippen LogP contribution in [0, 0.1) is 0 Å². The number of halogens is 3. The van der Waals surface area contributed by atoms with Crippen LogP contribution < -0.4 is 11.1 Å². The van der Waals surface area contributed by atoms with Crippen LogP contribution in [-0.2, 0) is 15.7 Å². The van der Waals surface area contributed by atoms with E-state index >= 15 is 0 Å². The number of methoxy groups -OCH3 is 1. The lowest BCUT2D eigenvalue weighted by Gasteiger charge is -2.31. The van der Waals surface area contributed by atoms with E-state index in [1.807, 2.05) is 9.30 Å². The molecule has 2 amide bonds. The average Bonchev–Trinajstić information content (AvgIpc) is 3.37. The summed E-state index contributed by atoms with van der Waals surface area (Å²) in [5.41, 5.74) is 7.39. The fourth-order valence-corrected chi connectivity index (χ4v) is 5.75. The summed E-state index contributed by atoms with van der Waals surface area (Å²) in [7, 11) is 1.56. The number of carbonyl (C=O) groups is 2. The smallest absolute Gasteiger partial charge is 0.384 e. The molecule has 14 heteroatoms. The SMILES string of the molecule is COCCC(=O)N1CCS[C@@H](c2nc(-c3ccc(C(=O)Nc4cc(C(F)(F)F)ccn4)cc3)c3c(N)nccn23)C1. The van der Waals surface area contributed by atoms with Crippen molar-refractivity contribution in [2.24, 2.45) is 0 Å². The number of thioether (sulfide) groups is 1. The number of amides is 2. The number of hydrogen-bond acceptors (Lipinski definition) is 8. The molecule has 214 valence electrons. The number of nitrogens with zero attached hydrogens (tertiary/aromatic N) is 5. The van der Waals surface area contributed by atoms with Gasteiger partial charge in [-0.05, 0) is 24.3 Å². The summed E-state index contributed by atoms with van der Waals surface area (Å²) in [6.45, 7) is 1.48. The highest BCUT2D eigenvalue weighted by Crippen LogP contribution is 2.37. The Balaban J connectivity index is 1.40. The molecule has 10 nitrogen and oxygen atoms in total. The first-order chi connectivity index (χ1) is 19.7. The van der Waals surface area contributed by atoms with Crippen molar-refractivity contribution in [2.45, 2.75) is 17.8 Å². The lowest BCUT2D eigenvalue weighted by atomic mass is 10.1. The summed E-state index contributed by atoms with van der Waals surface area (Å²) in [6.07, 6.45) is 0.0962. The second-order valence-electron chi connectivity index (χ2n) is 9.25. The molecule has 3 aromatic heterocycles. The van der Waals surface area contributed by atoms with E-state index < -0.39 is 17.6 Å². The monoisotopic (exact) mass is 585 g/mol. The number of nitrogens with one attached hydrogen (secondary N) is 1. The molecule has 1 atom stereocenters. The van der Waals surface area contributed by atoms with Gasteiger partial charge in [0.05, 0.1) is 23.8 Å². The number of benzene rings is 1. The minimum Gasteiger partial charge on any atom is -0.384 e. The van der Waals surface area contributed by atoms with Gasteiger partial charge in [0.1, 0.15) is 28.7 Å². The number of anilines is 2. The Morgan fingerprint density at radius 3 is 2.68 bits per heavy atom. The third-order valence-corrected chi connectivity index (χ3v) is 7.77. The molecule has 0 saturated carbocycles. The lowest BCUT2D eigenvalue weighted by Crippen LogP contribution is -2.40. The molecule has 3 N–H and O–H groups in total. The molecule has 4 heterocycles. The average molecular weight is 586 g/mol. The topological polar surface area (TPSA) is 128 Å². The lowest BCUT2D eigenvalue weighted by molar-refractivity contribution is -0.137. The number of nitrogens with two attached hydrogens (primary N) is 1. The van der Waals surface area contributed by atoms with Gasteiger partial charge in [0.15, 0.2) is 0 Å². The van der Waals surface area contributed by atoms with Crippen LogP contribution in [0.2, 0.25) is 0 Å². The molecule has 0 bridgehead atoms. The normalized spacial score (nSPS) is 15.7. The molecule has 1 aliphatic rings. The van der Waals surface area contributed by atoms with E-state index in [2.05, 4.69) is 15.3 Å². The summed E-state index contributed by atoms with van der Waals surface area (Å²) in [6, 6.07) is 8.05. The van der Waals surface area contributed by atoms with Gasteiger partial charge in [0.25, 0.3) is 5.91 Å². The number of alkyl halides is 3. The van der Waals surface area contributed by atoms with Crippen molar-refractivity contribution in [3.63, 3.8) is 0 Å². The highest BCUT2D eigenvalue weighted by Gasteiger charge is 2.31. The van der Waals surface area contributed by atoms with E-state index in [0.29, 0.717) is 42.9 Å². The molecular formula is C27H26F3N7O3S. The summed E-state index contributed by atoms with van der Waals surface area (Å²) in [4.78, 5) is 40.1. The molecular weight excluding hydrogens is 559 g/mol. The number of imidazole rings is 1. The maximum atomic E-state index is 13.0. The quantitative estimate of drug-likeness (QED) is 0.329. The zero-order chi connectivity index (χ0) is 29.1. The highest BCUT2D eigenvalue weighted by molar-refractivity contribution is 7.99. The van der Waals surface area contributed by atoms with Crippen molar-refractivity contribution in [3.8, 4) is 11.3 Å². The van der Waals surface area contributed by atoms with E-state index in [0.717, 1.165) is 29.9 Å². The largest absolute Gasteiger partial charge is 0.416 e. The van der Waals surface area contributed by atoms with Gasteiger partial charge >= 0.3 is 6.18 Å². The first kappa shape index (κ1) is 28.4.